The summed E-state index contributed by atoms with van der Waals surface area (Å²) in [5, 5.41) is 6.09. The molecule has 0 saturated carbocycles. The molecule has 0 amide bonds. The van der Waals surface area contributed by atoms with Gasteiger partial charge in [0.25, 0.3) is 0 Å². The molecule has 3 aromatic carbocycles. The normalized spacial score (nSPS) is 12.5. The zero-order valence-corrected chi connectivity index (χ0v) is 14.5. The molecule has 2 nitrogen and oxygen atoms in total. The number of para-hydroxylation sites is 1. The fourth-order valence-corrected chi connectivity index (χ4v) is 3.52. The zero-order valence-electron chi connectivity index (χ0n) is 14.5. The van der Waals surface area contributed by atoms with Gasteiger partial charge in [0.15, 0.2) is 0 Å². The van der Waals surface area contributed by atoms with Crippen LogP contribution in [0, 0.1) is 0 Å². The molecule has 4 rings (SSSR count). The molecule has 25 heavy (non-hydrogen) atoms. The van der Waals surface area contributed by atoms with Gasteiger partial charge in [-0.1, -0.05) is 61.9 Å². The Labute approximate surface area is 148 Å². The van der Waals surface area contributed by atoms with E-state index in [0.29, 0.717) is 6.04 Å². The maximum atomic E-state index is 5.93. The van der Waals surface area contributed by atoms with Crippen LogP contribution in [-0.2, 0) is 6.42 Å². The second-order valence-corrected chi connectivity index (χ2v) is 6.63. The largest absolute Gasteiger partial charge is 0.456 e. The quantitative estimate of drug-likeness (QED) is 0.442. The monoisotopic (exact) mass is 329 g/mol. The van der Waals surface area contributed by atoms with Crippen LogP contribution in [0.5, 0.6) is 0 Å². The van der Waals surface area contributed by atoms with Crippen LogP contribution in [0.15, 0.2) is 77.2 Å². The number of furan rings is 1. The lowest BCUT2D eigenvalue weighted by molar-refractivity contribution is 0.637. The summed E-state index contributed by atoms with van der Waals surface area (Å²) in [4.78, 5) is 0. The van der Waals surface area contributed by atoms with Crippen LogP contribution in [0.2, 0.25) is 0 Å². The van der Waals surface area contributed by atoms with Crippen LogP contribution >= 0.6 is 0 Å². The predicted octanol–water partition coefficient (Wildman–Crippen LogP) is 6.41. The van der Waals surface area contributed by atoms with Crippen molar-refractivity contribution in [2.75, 3.05) is 5.32 Å². The van der Waals surface area contributed by atoms with E-state index in [1.807, 2.05) is 12.1 Å². The van der Waals surface area contributed by atoms with Crippen LogP contribution < -0.4 is 5.32 Å². The van der Waals surface area contributed by atoms with E-state index in [4.69, 9.17) is 4.42 Å². The van der Waals surface area contributed by atoms with E-state index in [2.05, 4.69) is 72.9 Å². The number of benzene rings is 3. The molecule has 1 aromatic heterocycles. The van der Waals surface area contributed by atoms with Crippen molar-refractivity contribution in [3.05, 3.63) is 78.4 Å². The van der Waals surface area contributed by atoms with Crippen molar-refractivity contribution in [1.29, 1.82) is 0 Å². The van der Waals surface area contributed by atoms with Crippen LogP contribution in [0.3, 0.4) is 0 Å². The maximum absolute atomic E-state index is 5.93. The molecule has 126 valence electrons. The Balaban J connectivity index is 1.62. The first-order valence-corrected chi connectivity index (χ1v) is 9.05. The Bertz CT molecular complexity index is 971. The predicted molar refractivity (Wildman–Crippen MR) is 106 cm³/mol. The van der Waals surface area contributed by atoms with Gasteiger partial charge in [-0.15, -0.1) is 0 Å². The molecule has 0 aliphatic rings. The highest BCUT2D eigenvalue weighted by atomic mass is 16.3. The number of rotatable bonds is 6. The number of anilines is 1. The van der Waals surface area contributed by atoms with E-state index in [1.54, 1.807) is 0 Å². The Kier molecular flexibility index (Phi) is 4.43. The summed E-state index contributed by atoms with van der Waals surface area (Å²) in [5.74, 6) is 0. The molecule has 0 aliphatic carbocycles. The molecular weight excluding hydrogens is 306 g/mol. The second-order valence-electron chi connectivity index (χ2n) is 6.63. The molecule has 1 atom stereocenters. The third-order valence-electron chi connectivity index (χ3n) is 4.71. The highest BCUT2D eigenvalue weighted by Crippen LogP contribution is 2.31. The minimum atomic E-state index is 0.433. The number of fused-ring (bicyclic) bond motifs is 3. The fourth-order valence-electron chi connectivity index (χ4n) is 3.52. The van der Waals surface area contributed by atoms with E-state index < -0.39 is 0 Å². The molecule has 1 heterocycles. The van der Waals surface area contributed by atoms with Gasteiger partial charge in [0, 0.05) is 22.5 Å². The van der Waals surface area contributed by atoms with Gasteiger partial charge in [-0.3, -0.25) is 0 Å². The van der Waals surface area contributed by atoms with E-state index >= 15 is 0 Å². The molecule has 0 spiro atoms. The summed E-state index contributed by atoms with van der Waals surface area (Å²) in [6.07, 6.45) is 3.36. The van der Waals surface area contributed by atoms with Crippen molar-refractivity contribution in [2.24, 2.45) is 0 Å². The smallest absolute Gasteiger partial charge is 0.135 e. The minimum Gasteiger partial charge on any atom is -0.456 e. The van der Waals surface area contributed by atoms with Crippen molar-refractivity contribution < 1.29 is 4.42 Å². The standard InChI is InChI=1S/C23H23NO/c1-2-8-18(15-17-9-4-3-5-10-17)24-19-13-14-23-21(16-19)20-11-6-7-12-22(20)25-23/h3-7,9-14,16,18,24H,2,8,15H2,1H3. The van der Waals surface area contributed by atoms with E-state index in [9.17, 15) is 0 Å². The molecule has 0 radical (unpaired) electrons. The highest BCUT2D eigenvalue weighted by Gasteiger charge is 2.11. The number of hydrogen-bond donors (Lipinski definition) is 1. The van der Waals surface area contributed by atoms with Crippen molar-refractivity contribution in [3.63, 3.8) is 0 Å². The first-order valence-electron chi connectivity index (χ1n) is 9.05. The fraction of sp³-hybridized carbons (Fsp3) is 0.217. The van der Waals surface area contributed by atoms with Gasteiger partial charge in [0.2, 0.25) is 0 Å². The van der Waals surface area contributed by atoms with Gasteiger partial charge in [0.1, 0.15) is 11.2 Å². The highest BCUT2D eigenvalue weighted by molar-refractivity contribution is 6.05. The van der Waals surface area contributed by atoms with Gasteiger partial charge in [0.05, 0.1) is 0 Å². The second kappa shape index (κ2) is 7.02. The molecule has 0 aliphatic heterocycles. The third-order valence-corrected chi connectivity index (χ3v) is 4.71. The number of nitrogens with one attached hydrogen (secondary N) is 1. The lowest BCUT2D eigenvalue weighted by Gasteiger charge is -2.19. The summed E-state index contributed by atoms with van der Waals surface area (Å²) in [6.45, 7) is 2.24. The molecular formula is C23H23NO. The van der Waals surface area contributed by atoms with Crippen molar-refractivity contribution >= 4 is 27.6 Å². The molecule has 0 saturated heterocycles. The average Bonchev–Trinajstić information content (AvgIpc) is 3.01. The summed E-state index contributed by atoms with van der Waals surface area (Å²) in [6, 6.07) is 25.8. The van der Waals surface area contributed by atoms with Gasteiger partial charge >= 0.3 is 0 Å². The Morgan fingerprint density at radius 3 is 2.44 bits per heavy atom. The lowest BCUT2D eigenvalue weighted by atomic mass is 10.0. The van der Waals surface area contributed by atoms with Crippen molar-refractivity contribution in [1.82, 2.24) is 0 Å². The van der Waals surface area contributed by atoms with Gasteiger partial charge in [-0.2, -0.15) is 0 Å². The summed E-state index contributed by atoms with van der Waals surface area (Å²) < 4.78 is 5.93. The number of hydrogen-bond acceptors (Lipinski definition) is 2. The van der Waals surface area contributed by atoms with E-state index in [1.165, 1.54) is 22.8 Å². The average molecular weight is 329 g/mol. The molecule has 4 aromatic rings. The van der Waals surface area contributed by atoms with Gasteiger partial charge in [-0.05, 0) is 42.7 Å². The van der Waals surface area contributed by atoms with Crippen LogP contribution in [-0.4, -0.2) is 6.04 Å². The zero-order chi connectivity index (χ0) is 17.1. The van der Waals surface area contributed by atoms with E-state index in [-0.39, 0.29) is 0 Å². The first kappa shape index (κ1) is 15.8. The van der Waals surface area contributed by atoms with Crippen molar-refractivity contribution in [3.8, 4) is 0 Å². The van der Waals surface area contributed by atoms with Gasteiger partial charge in [-0.25, -0.2) is 0 Å². The summed E-state index contributed by atoms with van der Waals surface area (Å²) in [5.41, 5.74) is 4.43. The first-order chi connectivity index (χ1) is 12.3. The maximum Gasteiger partial charge on any atom is 0.135 e. The molecule has 1 N–H and O–H groups in total. The molecule has 1 unspecified atom stereocenters. The molecule has 2 heteroatoms. The van der Waals surface area contributed by atoms with Crippen molar-refractivity contribution in [2.45, 2.75) is 32.2 Å². The summed E-state index contributed by atoms with van der Waals surface area (Å²) in [7, 11) is 0. The van der Waals surface area contributed by atoms with Gasteiger partial charge < -0.3 is 9.73 Å². The molecule has 0 bridgehead atoms. The summed E-state index contributed by atoms with van der Waals surface area (Å²) >= 11 is 0. The van der Waals surface area contributed by atoms with Crippen LogP contribution in [0.25, 0.3) is 21.9 Å². The van der Waals surface area contributed by atoms with Crippen LogP contribution in [0.1, 0.15) is 25.3 Å². The topological polar surface area (TPSA) is 25.2 Å². The lowest BCUT2D eigenvalue weighted by Crippen LogP contribution is -2.22. The Morgan fingerprint density at radius 1 is 0.840 bits per heavy atom. The SMILES string of the molecule is CCCC(Cc1ccccc1)Nc1ccc2oc3ccccc3c2c1. The van der Waals surface area contributed by atoms with E-state index in [0.717, 1.165) is 29.7 Å². The molecule has 0 fully saturated rings. The van der Waals surface area contributed by atoms with Crippen LogP contribution in [0.4, 0.5) is 5.69 Å². The minimum absolute atomic E-state index is 0.433. The Morgan fingerprint density at radius 2 is 1.60 bits per heavy atom. The third kappa shape index (κ3) is 3.39. The Hall–Kier alpha value is -2.74.